The highest BCUT2D eigenvalue weighted by atomic mass is 79.9. The molecule has 0 aliphatic rings. The van der Waals surface area contributed by atoms with Gasteiger partial charge >= 0.3 is 6.18 Å². The van der Waals surface area contributed by atoms with Gasteiger partial charge in [-0.15, -0.1) is 0 Å². The summed E-state index contributed by atoms with van der Waals surface area (Å²) in [5.41, 5.74) is -0.736. The summed E-state index contributed by atoms with van der Waals surface area (Å²) in [7, 11) is 0. The van der Waals surface area contributed by atoms with E-state index in [0.717, 1.165) is 16.6 Å². The van der Waals surface area contributed by atoms with Gasteiger partial charge in [0.05, 0.1) is 17.7 Å². The van der Waals surface area contributed by atoms with Crippen molar-refractivity contribution in [3.63, 3.8) is 0 Å². The summed E-state index contributed by atoms with van der Waals surface area (Å²) < 4.78 is 42.0. The van der Waals surface area contributed by atoms with Gasteiger partial charge in [0.15, 0.2) is 10.6 Å². The summed E-state index contributed by atoms with van der Waals surface area (Å²) >= 11 is 8.54. The SMILES string of the molecule is O=C(NCc1n[nH]c(=S)n1-c1ccc(Br)cc1)c1ccccc1C(F)(F)F. The Labute approximate surface area is 165 Å². The van der Waals surface area contributed by atoms with Crippen molar-refractivity contribution in [2.45, 2.75) is 12.7 Å². The second-order valence-electron chi connectivity index (χ2n) is 5.48. The Morgan fingerprint density at radius 2 is 1.85 bits per heavy atom. The van der Waals surface area contributed by atoms with Gasteiger partial charge in [0.25, 0.3) is 5.91 Å². The van der Waals surface area contributed by atoms with Gasteiger partial charge in [-0.1, -0.05) is 28.1 Å². The summed E-state index contributed by atoms with van der Waals surface area (Å²) in [6.07, 6.45) is -4.62. The van der Waals surface area contributed by atoms with Gasteiger partial charge in [-0.2, -0.15) is 18.3 Å². The van der Waals surface area contributed by atoms with Gasteiger partial charge in [0.1, 0.15) is 0 Å². The maximum absolute atomic E-state index is 13.1. The Morgan fingerprint density at radius 3 is 2.52 bits per heavy atom. The van der Waals surface area contributed by atoms with E-state index in [1.54, 1.807) is 16.7 Å². The number of hydrogen-bond donors (Lipinski definition) is 2. The van der Waals surface area contributed by atoms with Crippen LogP contribution in [0.4, 0.5) is 13.2 Å². The minimum absolute atomic E-state index is 0.103. The van der Waals surface area contributed by atoms with E-state index in [-0.39, 0.29) is 6.54 Å². The van der Waals surface area contributed by atoms with Gasteiger partial charge in [-0.05, 0) is 48.6 Å². The third-order valence-corrected chi connectivity index (χ3v) is 4.51. The second-order valence-corrected chi connectivity index (χ2v) is 6.79. The maximum atomic E-state index is 13.1. The van der Waals surface area contributed by atoms with Crippen molar-refractivity contribution in [2.24, 2.45) is 0 Å². The number of hydrogen-bond acceptors (Lipinski definition) is 3. The van der Waals surface area contributed by atoms with E-state index in [0.29, 0.717) is 16.3 Å². The smallest absolute Gasteiger partial charge is 0.345 e. The highest BCUT2D eigenvalue weighted by Crippen LogP contribution is 2.31. The molecule has 0 bridgehead atoms. The van der Waals surface area contributed by atoms with Crippen LogP contribution >= 0.6 is 28.1 Å². The normalized spacial score (nSPS) is 11.4. The fraction of sp³-hybridized carbons (Fsp3) is 0.118. The number of aromatic nitrogens is 3. The van der Waals surface area contributed by atoms with Crippen molar-refractivity contribution >= 4 is 34.1 Å². The zero-order chi connectivity index (χ0) is 19.6. The minimum Gasteiger partial charge on any atom is -0.345 e. The Balaban J connectivity index is 1.84. The van der Waals surface area contributed by atoms with E-state index in [2.05, 4.69) is 31.4 Å². The average Bonchev–Trinajstić information content (AvgIpc) is 3.00. The lowest BCUT2D eigenvalue weighted by Gasteiger charge is -2.13. The van der Waals surface area contributed by atoms with Crippen LogP contribution in [-0.2, 0) is 12.7 Å². The van der Waals surface area contributed by atoms with Crippen LogP contribution in [0.1, 0.15) is 21.7 Å². The number of carbonyl (C=O) groups excluding carboxylic acids is 1. The quantitative estimate of drug-likeness (QED) is 0.562. The number of rotatable bonds is 4. The number of nitrogens with one attached hydrogen (secondary N) is 2. The lowest BCUT2D eigenvalue weighted by Crippen LogP contribution is -2.27. The first-order chi connectivity index (χ1) is 12.8. The highest BCUT2D eigenvalue weighted by Gasteiger charge is 2.34. The van der Waals surface area contributed by atoms with Crippen molar-refractivity contribution in [1.82, 2.24) is 20.1 Å². The summed E-state index contributed by atoms with van der Waals surface area (Å²) in [4.78, 5) is 12.3. The summed E-state index contributed by atoms with van der Waals surface area (Å²) in [5.74, 6) is -0.487. The minimum atomic E-state index is -4.62. The molecule has 10 heteroatoms. The molecule has 3 aromatic rings. The molecule has 0 radical (unpaired) electrons. The molecule has 0 aliphatic carbocycles. The van der Waals surface area contributed by atoms with Crippen molar-refractivity contribution in [2.75, 3.05) is 0 Å². The first-order valence-corrected chi connectivity index (χ1v) is 8.84. The van der Waals surface area contributed by atoms with E-state index in [1.807, 2.05) is 12.1 Å². The molecule has 0 saturated carbocycles. The van der Waals surface area contributed by atoms with Crippen LogP contribution in [0, 0.1) is 4.77 Å². The van der Waals surface area contributed by atoms with Crippen LogP contribution in [0.3, 0.4) is 0 Å². The molecule has 0 fully saturated rings. The van der Waals surface area contributed by atoms with Crippen molar-refractivity contribution in [1.29, 1.82) is 0 Å². The van der Waals surface area contributed by atoms with Gasteiger partial charge in [0.2, 0.25) is 0 Å². The Morgan fingerprint density at radius 1 is 1.19 bits per heavy atom. The Bertz CT molecular complexity index is 1030. The molecule has 0 saturated heterocycles. The third-order valence-electron chi connectivity index (χ3n) is 3.71. The van der Waals surface area contributed by atoms with E-state index in [4.69, 9.17) is 12.2 Å². The number of alkyl halides is 3. The molecule has 0 aliphatic heterocycles. The molecule has 1 heterocycles. The number of aromatic amines is 1. The van der Waals surface area contributed by atoms with Crippen LogP contribution < -0.4 is 5.32 Å². The zero-order valence-corrected chi connectivity index (χ0v) is 16.0. The molecule has 0 atom stereocenters. The van der Waals surface area contributed by atoms with Gasteiger partial charge in [-0.25, -0.2) is 0 Å². The van der Waals surface area contributed by atoms with Crippen LogP contribution in [0.25, 0.3) is 5.69 Å². The van der Waals surface area contributed by atoms with Crippen LogP contribution in [0.2, 0.25) is 0 Å². The standard InChI is InChI=1S/C17H12BrF3N4OS/c18-10-5-7-11(8-6-10)25-14(23-24-16(25)27)9-22-15(26)12-3-1-2-4-13(12)17(19,20)21/h1-8H,9H2,(H,22,26)(H,24,27). The zero-order valence-electron chi connectivity index (χ0n) is 13.5. The molecule has 2 N–H and O–H groups in total. The topological polar surface area (TPSA) is 62.7 Å². The Kier molecular flexibility index (Phi) is 5.47. The predicted molar refractivity (Wildman–Crippen MR) is 99.1 cm³/mol. The molecule has 1 aromatic heterocycles. The molecular weight excluding hydrogens is 445 g/mol. The lowest BCUT2D eigenvalue weighted by atomic mass is 10.1. The average molecular weight is 457 g/mol. The fourth-order valence-corrected chi connectivity index (χ4v) is 3.01. The molecular formula is C17H12BrF3N4OS. The largest absolute Gasteiger partial charge is 0.417 e. The van der Waals surface area contributed by atoms with E-state index >= 15 is 0 Å². The summed E-state index contributed by atoms with van der Waals surface area (Å²) in [5, 5.41) is 9.14. The van der Waals surface area contributed by atoms with Gasteiger partial charge < -0.3 is 5.32 Å². The highest BCUT2D eigenvalue weighted by molar-refractivity contribution is 9.10. The number of carbonyl (C=O) groups is 1. The Hall–Kier alpha value is -2.46. The van der Waals surface area contributed by atoms with Crippen LogP contribution in [0.5, 0.6) is 0 Å². The number of nitrogens with zero attached hydrogens (tertiary/aromatic N) is 2. The van der Waals surface area contributed by atoms with Gasteiger partial charge in [0, 0.05) is 10.2 Å². The molecule has 0 unspecified atom stereocenters. The second kappa shape index (κ2) is 7.65. The van der Waals surface area contributed by atoms with E-state index in [1.165, 1.54) is 12.1 Å². The molecule has 2 aromatic carbocycles. The monoisotopic (exact) mass is 456 g/mol. The summed E-state index contributed by atoms with van der Waals surface area (Å²) in [6, 6.07) is 11.8. The lowest BCUT2D eigenvalue weighted by molar-refractivity contribution is -0.137. The number of benzene rings is 2. The molecule has 5 nitrogen and oxygen atoms in total. The van der Waals surface area contributed by atoms with Crippen molar-refractivity contribution in [3.05, 3.63) is 74.7 Å². The fourth-order valence-electron chi connectivity index (χ4n) is 2.49. The van der Waals surface area contributed by atoms with Crippen LogP contribution in [0.15, 0.2) is 53.0 Å². The van der Waals surface area contributed by atoms with Crippen molar-refractivity contribution in [3.8, 4) is 5.69 Å². The molecule has 1 amide bonds. The molecule has 0 spiro atoms. The third kappa shape index (κ3) is 4.28. The first-order valence-electron chi connectivity index (χ1n) is 7.64. The van der Waals surface area contributed by atoms with Crippen LogP contribution in [-0.4, -0.2) is 20.7 Å². The predicted octanol–water partition coefficient (Wildman–Crippen LogP) is 4.64. The van der Waals surface area contributed by atoms with Gasteiger partial charge in [-0.3, -0.25) is 14.5 Å². The number of halogens is 4. The van der Waals surface area contributed by atoms with E-state index in [9.17, 15) is 18.0 Å². The molecule has 3 rings (SSSR count). The first kappa shape index (κ1) is 19.3. The van der Waals surface area contributed by atoms with E-state index < -0.39 is 23.2 Å². The summed E-state index contributed by atoms with van der Waals surface area (Å²) in [6.45, 7) is -0.103. The molecule has 27 heavy (non-hydrogen) atoms. The molecule has 140 valence electrons. The number of H-pyrrole nitrogens is 1. The van der Waals surface area contributed by atoms with Crippen molar-refractivity contribution < 1.29 is 18.0 Å². The number of amides is 1. The maximum Gasteiger partial charge on any atom is 0.417 e.